The highest BCUT2D eigenvalue weighted by molar-refractivity contribution is 5.21. The quantitative estimate of drug-likeness (QED) is 0.502. The summed E-state index contributed by atoms with van der Waals surface area (Å²) >= 11 is 0. The molecule has 0 unspecified atom stereocenters. The van der Waals surface area contributed by atoms with Gasteiger partial charge in [-0.15, -0.1) is 0 Å². The Morgan fingerprint density at radius 2 is 1.75 bits per heavy atom. The molecule has 0 aromatic heterocycles. The van der Waals surface area contributed by atoms with Crippen LogP contribution in [0.5, 0.6) is 0 Å². The maximum atomic E-state index is 5.65. The molecule has 0 aliphatic carbocycles. The van der Waals surface area contributed by atoms with E-state index in [1.807, 2.05) is 29.3 Å². The molecule has 0 radical (unpaired) electrons. The van der Waals surface area contributed by atoms with Crippen LogP contribution in [0.4, 0.5) is 0 Å². The van der Waals surface area contributed by atoms with Gasteiger partial charge in [-0.2, -0.15) is 0 Å². The average Bonchev–Trinajstić information content (AvgIpc) is 2.17. The molecular weight excluding hydrogens is 152 g/mol. The van der Waals surface area contributed by atoms with Crippen LogP contribution in [0.3, 0.4) is 0 Å². The van der Waals surface area contributed by atoms with E-state index in [0.29, 0.717) is 19.8 Å². The average molecular weight is 168 g/mol. The molecule has 1 aliphatic heterocycles. The molecule has 0 aromatic rings. The second kappa shape index (κ2) is 3.71. The Balaban J connectivity index is 2.84. The largest absolute Gasteiger partial charge is 0.353 e. The number of nitrogens with zero attached hydrogens (tertiary/aromatic N) is 1. The fraction of sp³-hybridized carbons (Fsp3) is 0.500. The first-order valence-electron chi connectivity index (χ1n) is 4.02. The summed E-state index contributed by atoms with van der Waals surface area (Å²) in [5.41, 5.74) is 16.6. The van der Waals surface area contributed by atoms with Crippen molar-refractivity contribution in [2.24, 2.45) is 17.2 Å². The van der Waals surface area contributed by atoms with Gasteiger partial charge in [-0.3, -0.25) is 0 Å². The van der Waals surface area contributed by atoms with E-state index in [1.165, 1.54) is 0 Å². The summed E-state index contributed by atoms with van der Waals surface area (Å²) in [5, 5.41) is 0. The molecule has 0 aromatic carbocycles. The van der Waals surface area contributed by atoms with Crippen LogP contribution in [-0.2, 0) is 0 Å². The molecule has 0 spiro atoms. The minimum Gasteiger partial charge on any atom is -0.353 e. The highest BCUT2D eigenvalue weighted by Gasteiger charge is 2.29. The van der Waals surface area contributed by atoms with E-state index in [-0.39, 0.29) is 5.54 Å². The van der Waals surface area contributed by atoms with Gasteiger partial charge in [0.05, 0.1) is 12.2 Å². The van der Waals surface area contributed by atoms with Crippen molar-refractivity contribution in [3.63, 3.8) is 0 Å². The Labute approximate surface area is 72.7 Å². The van der Waals surface area contributed by atoms with Gasteiger partial charge in [-0.05, 0) is 6.08 Å². The van der Waals surface area contributed by atoms with Crippen LogP contribution in [0, 0.1) is 0 Å². The standard InChI is InChI=1S/C8H16N4/c9-5-8(6-10)3-1-2-4-12(8)7-11/h1-4H,5-7,9-11H2. The van der Waals surface area contributed by atoms with E-state index < -0.39 is 0 Å². The predicted molar refractivity (Wildman–Crippen MR) is 50.0 cm³/mol. The van der Waals surface area contributed by atoms with Crippen LogP contribution in [-0.4, -0.2) is 30.2 Å². The van der Waals surface area contributed by atoms with E-state index in [2.05, 4.69) is 0 Å². The lowest BCUT2D eigenvalue weighted by Gasteiger charge is -2.40. The topological polar surface area (TPSA) is 81.3 Å². The van der Waals surface area contributed by atoms with Gasteiger partial charge in [-0.1, -0.05) is 12.2 Å². The van der Waals surface area contributed by atoms with Crippen LogP contribution in [0.2, 0.25) is 0 Å². The predicted octanol–water partition coefficient (Wildman–Crippen LogP) is -1.06. The number of allylic oxidation sites excluding steroid dienone is 2. The summed E-state index contributed by atoms with van der Waals surface area (Å²) < 4.78 is 0. The van der Waals surface area contributed by atoms with Crippen molar-refractivity contribution < 1.29 is 0 Å². The fourth-order valence-corrected chi connectivity index (χ4v) is 1.33. The van der Waals surface area contributed by atoms with Crippen molar-refractivity contribution in [2.75, 3.05) is 19.8 Å². The minimum absolute atomic E-state index is 0.274. The number of hydrogen-bond acceptors (Lipinski definition) is 4. The second-order valence-electron chi connectivity index (χ2n) is 2.86. The number of rotatable bonds is 3. The third kappa shape index (κ3) is 1.36. The third-order valence-corrected chi connectivity index (χ3v) is 2.26. The summed E-state index contributed by atoms with van der Waals surface area (Å²) in [7, 11) is 0. The van der Waals surface area contributed by atoms with Gasteiger partial charge in [0, 0.05) is 19.3 Å². The van der Waals surface area contributed by atoms with Crippen LogP contribution >= 0.6 is 0 Å². The van der Waals surface area contributed by atoms with Crippen LogP contribution in [0.1, 0.15) is 0 Å². The monoisotopic (exact) mass is 168 g/mol. The lowest BCUT2D eigenvalue weighted by atomic mass is 9.95. The highest BCUT2D eigenvalue weighted by Crippen LogP contribution is 2.17. The van der Waals surface area contributed by atoms with Gasteiger partial charge in [0.15, 0.2) is 0 Å². The van der Waals surface area contributed by atoms with Gasteiger partial charge in [0.1, 0.15) is 0 Å². The van der Waals surface area contributed by atoms with Crippen molar-refractivity contribution in [3.05, 3.63) is 24.4 Å². The number of nitrogens with two attached hydrogens (primary N) is 3. The minimum atomic E-state index is -0.274. The molecule has 12 heavy (non-hydrogen) atoms. The lowest BCUT2D eigenvalue weighted by Crippen LogP contribution is -2.57. The van der Waals surface area contributed by atoms with E-state index in [9.17, 15) is 0 Å². The highest BCUT2D eigenvalue weighted by atomic mass is 15.2. The molecule has 1 rings (SSSR count). The molecule has 0 saturated heterocycles. The Kier molecular flexibility index (Phi) is 2.86. The van der Waals surface area contributed by atoms with Crippen molar-refractivity contribution >= 4 is 0 Å². The summed E-state index contributed by atoms with van der Waals surface area (Å²) in [5.74, 6) is 0. The van der Waals surface area contributed by atoms with Crippen molar-refractivity contribution in [1.29, 1.82) is 0 Å². The first-order chi connectivity index (χ1) is 5.79. The summed E-state index contributed by atoms with van der Waals surface area (Å²) in [4.78, 5) is 1.95. The molecule has 1 heterocycles. The van der Waals surface area contributed by atoms with Crippen molar-refractivity contribution in [3.8, 4) is 0 Å². The van der Waals surface area contributed by atoms with Gasteiger partial charge in [0.2, 0.25) is 0 Å². The first-order valence-corrected chi connectivity index (χ1v) is 4.02. The molecule has 1 aliphatic rings. The van der Waals surface area contributed by atoms with Gasteiger partial charge in [0.25, 0.3) is 0 Å². The van der Waals surface area contributed by atoms with Gasteiger partial charge < -0.3 is 22.1 Å². The van der Waals surface area contributed by atoms with Gasteiger partial charge in [-0.25, -0.2) is 0 Å². The summed E-state index contributed by atoms with van der Waals surface area (Å²) in [6.07, 6.45) is 7.79. The Morgan fingerprint density at radius 3 is 2.17 bits per heavy atom. The molecular formula is C8H16N4. The van der Waals surface area contributed by atoms with Crippen LogP contribution in [0.15, 0.2) is 24.4 Å². The normalized spacial score (nSPS) is 20.1. The van der Waals surface area contributed by atoms with Gasteiger partial charge >= 0.3 is 0 Å². The summed E-state index contributed by atoms with van der Waals surface area (Å²) in [6.45, 7) is 1.42. The van der Waals surface area contributed by atoms with E-state index in [4.69, 9.17) is 17.2 Å². The molecule has 4 nitrogen and oxygen atoms in total. The molecule has 0 saturated carbocycles. The maximum absolute atomic E-state index is 5.65. The Morgan fingerprint density at radius 1 is 1.08 bits per heavy atom. The molecule has 0 bridgehead atoms. The Hall–Kier alpha value is -0.840. The Bertz CT molecular complexity index is 193. The van der Waals surface area contributed by atoms with E-state index in [0.717, 1.165) is 0 Å². The van der Waals surface area contributed by atoms with E-state index >= 15 is 0 Å². The second-order valence-corrected chi connectivity index (χ2v) is 2.86. The number of hydrogen-bond donors (Lipinski definition) is 3. The zero-order valence-corrected chi connectivity index (χ0v) is 7.11. The molecule has 0 fully saturated rings. The SMILES string of the molecule is NCN1C=CC=CC1(CN)CN. The molecule has 4 heteroatoms. The summed E-state index contributed by atoms with van der Waals surface area (Å²) in [6, 6.07) is 0. The smallest absolute Gasteiger partial charge is 0.0838 e. The lowest BCUT2D eigenvalue weighted by molar-refractivity contribution is 0.212. The third-order valence-electron chi connectivity index (χ3n) is 2.26. The molecule has 68 valence electrons. The molecule has 0 atom stereocenters. The maximum Gasteiger partial charge on any atom is 0.0838 e. The fourth-order valence-electron chi connectivity index (χ4n) is 1.33. The zero-order valence-electron chi connectivity index (χ0n) is 7.11. The first kappa shape index (κ1) is 9.25. The van der Waals surface area contributed by atoms with E-state index in [1.54, 1.807) is 0 Å². The van der Waals surface area contributed by atoms with Crippen molar-refractivity contribution in [1.82, 2.24) is 4.90 Å². The molecule has 6 N–H and O–H groups in total. The zero-order chi connectivity index (χ0) is 9.03. The van der Waals surface area contributed by atoms with Crippen LogP contribution < -0.4 is 17.2 Å². The van der Waals surface area contributed by atoms with Crippen molar-refractivity contribution in [2.45, 2.75) is 5.54 Å². The van der Waals surface area contributed by atoms with Crippen LogP contribution in [0.25, 0.3) is 0 Å². The molecule has 0 amide bonds.